The summed E-state index contributed by atoms with van der Waals surface area (Å²) in [5, 5.41) is 22.7. The van der Waals surface area contributed by atoms with E-state index in [2.05, 4.69) is 6.07 Å². The lowest BCUT2D eigenvalue weighted by atomic mass is 9.80. The van der Waals surface area contributed by atoms with Crippen molar-refractivity contribution in [3.8, 4) is 0 Å². The Labute approximate surface area is 156 Å². The number of fused-ring (bicyclic) bond motifs is 3. The van der Waals surface area contributed by atoms with Crippen LogP contribution >= 0.6 is 11.6 Å². The highest BCUT2D eigenvalue weighted by Crippen LogP contribution is 2.28. The average molecular weight is 373 g/mol. The lowest BCUT2D eigenvalue weighted by Gasteiger charge is -2.23. The van der Waals surface area contributed by atoms with Crippen LogP contribution in [0.5, 0.6) is 0 Å². The highest BCUT2D eigenvalue weighted by Gasteiger charge is 2.31. The van der Waals surface area contributed by atoms with Crippen molar-refractivity contribution in [2.24, 2.45) is 0 Å². The number of halogens is 1. The molecule has 0 amide bonds. The van der Waals surface area contributed by atoms with Crippen molar-refractivity contribution >= 4 is 46.0 Å². The van der Waals surface area contributed by atoms with Crippen molar-refractivity contribution in [2.75, 3.05) is 19.1 Å². The van der Waals surface area contributed by atoms with Gasteiger partial charge in [0.25, 0.3) is 0 Å². The van der Waals surface area contributed by atoms with Crippen molar-refractivity contribution in [1.29, 1.82) is 0 Å². The molecule has 4 rings (SSSR count). The molecular formula is C19H20BClNO4+. The van der Waals surface area contributed by atoms with E-state index >= 15 is 0 Å². The number of nitrogens with zero attached hydrogens (tertiary/aromatic N) is 1. The largest absolute Gasteiger partial charge is 0.561 e. The van der Waals surface area contributed by atoms with E-state index in [1.807, 2.05) is 41.0 Å². The van der Waals surface area contributed by atoms with Gasteiger partial charge in [-0.3, -0.25) is 0 Å². The van der Waals surface area contributed by atoms with E-state index in [-0.39, 0.29) is 6.29 Å². The van der Waals surface area contributed by atoms with E-state index in [9.17, 15) is 10.0 Å². The van der Waals surface area contributed by atoms with Crippen LogP contribution in [0.15, 0.2) is 42.5 Å². The fraction of sp³-hybridized carbons (Fsp3) is 0.316. The Hall–Kier alpha value is -1.70. The first-order chi connectivity index (χ1) is 12.7. The van der Waals surface area contributed by atoms with Gasteiger partial charge in [-0.25, -0.2) is 0 Å². The summed E-state index contributed by atoms with van der Waals surface area (Å²) in [6, 6.07) is 13.7. The van der Waals surface area contributed by atoms with E-state index in [0.717, 1.165) is 33.7 Å². The van der Waals surface area contributed by atoms with E-state index in [0.29, 0.717) is 31.2 Å². The third kappa shape index (κ3) is 3.08. The smallest absolute Gasteiger partial charge is 0.419 e. The van der Waals surface area contributed by atoms with E-state index in [4.69, 9.17) is 21.1 Å². The fourth-order valence-electron chi connectivity index (χ4n) is 3.65. The third-order valence-corrected chi connectivity index (χ3v) is 4.92. The molecule has 2 heterocycles. The van der Waals surface area contributed by atoms with Crippen molar-refractivity contribution in [3.05, 3.63) is 48.0 Å². The van der Waals surface area contributed by atoms with Gasteiger partial charge < -0.3 is 19.5 Å². The minimum absolute atomic E-state index is 0.364. The molecule has 0 bridgehead atoms. The lowest BCUT2D eigenvalue weighted by Crippen LogP contribution is -2.58. The lowest BCUT2D eigenvalue weighted by molar-refractivity contribution is -0.649. The molecule has 3 aromatic rings. The predicted octanol–water partition coefficient (Wildman–Crippen LogP) is 1.63. The normalized spacial score (nSPS) is 15.7. The van der Waals surface area contributed by atoms with E-state index < -0.39 is 7.12 Å². The highest BCUT2D eigenvalue weighted by atomic mass is 35.5. The van der Waals surface area contributed by atoms with Crippen LogP contribution in [-0.4, -0.2) is 36.3 Å². The van der Waals surface area contributed by atoms with Gasteiger partial charge in [0.15, 0.2) is 12.8 Å². The molecule has 0 atom stereocenters. The van der Waals surface area contributed by atoms with E-state index in [1.54, 1.807) is 0 Å². The van der Waals surface area contributed by atoms with Gasteiger partial charge in [0.1, 0.15) is 0 Å². The zero-order valence-electron chi connectivity index (χ0n) is 14.3. The molecular weight excluding hydrogens is 352 g/mol. The summed E-state index contributed by atoms with van der Waals surface area (Å²) < 4.78 is 13.3. The second kappa shape index (κ2) is 7.51. The van der Waals surface area contributed by atoms with Gasteiger partial charge in [-0.2, -0.15) is 4.57 Å². The van der Waals surface area contributed by atoms with Crippen LogP contribution in [0.3, 0.4) is 0 Å². The number of aryl methyl sites for hydroxylation is 1. The van der Waals surface area contributed by atoms with Gasteiger partial charge in [-0.1, -0.05) is 18.2 Å². The topological polar surface area (TPSA) is 62.8 Å². The Morgan fingerprint density at radius 3 is 2.46 bits per heavy atom. The standard InChI is InChI=1S/C19H20BClNO4/c21-8-9-22-17-7-6-13(19-25-10-3-11-26-19)12-16(17)14-4-1-2-5-15(14)18(22)20(23)24/h1-2,4-7,12,19,23-24H,3,8-11H2/q+1. The van der Waals surface area contributed by atoms with Crippen LogP contribution in [0.1, 0.15) is 18.3 Å². The molecule has 26 heavy (non-hydrogen) atoms. The Balaban J connectivity index is 2.01. The number of rotatable bonds is 4. The summed E-state index contributed by atoms with van der Waals surface area (Å²) in [4.78, 5) is 0. The minimum atomic E-state index is -1.59. The number of alkyl halides is 1. The number of pyridine rings is 1. The van der Waals surface area contributed by atoms with Crippen molar-refractivity contribution < 1.29 is 24.1 Å². The third-order valence-electron chi connectivity index (χ3n) is 4.75. The maximum atomic E-state index is 10.00. The molecule has 1 aliphatic heterocycles. The molecule has 5 nitrogen and oxygen atoms in total. The highest BCUT2D eigenvalue weighted by molar-refractivity contribution is 6.60. The SMILES string of the molecule is OB(O)c1c2ccccc2c2cc(C3OCCCO3)ccc2[n+]1CCCl. The Morgan fingerprint density at radius 2 is 1.77 bits per heavy atom. The van der Waals surface area contributed by atoms with Gasteiger partial charge in [0, 0.05) is 22.4 Å². The molecule has 0 radical (unpaired) electrons. The van der Waals surface area contributed by atoms with Crippen LogP contribution in [-0.2, 0) is 16.0 Å². The molecule has 1 saturated heterocycles. The van der Waals surface area contributed by atoms with Gasteiger partial charge in [-0.05, 0) is 24.6 Å². The molecule has 1 aliphatic rings. The summed E-state index contributed by atoms with van der Waals surface area (Å²) in [7, 11) is -1.59. The molecule has 134 valence electrons. The van der Waals surface area contributed by atoms with Gasteiger partial charge in [0.05, 0.1) is 24.5 Å². The number of hydrogen-bond acceptors (Lipinski definition) is 4. The minimum Gasteiger partial charge on any atom is -0.419 e. The van der Waals surface area contributed by atoms with Gasteiger partial charge in [0.2, 0.25) is 11.1 Å². The Kier molecular flexibility index (Phi) is 5.11. The molecule has 1 aromatic heterocycles. The number of benzene rings is 2. The first-order valence-corrected chi connectivity index (χ1v) is 9.27. The van der Waals surface area contributed by atoms with Gasteiger partial charge in [-0.15, -0.1) is 11.6 Å². The molecule has 0 aliphatic carbocycles. The number of hydrogen-bond donors (Lipinski definition) is 2. The summed E-state index contributed by atoms with van der Waals surface area (Å²) in [6.45, 7) is 1.85. The Bertz CT molecular complexity index is 944. The summed E-state index contributed by atoms with van der Waals surface area (Å²) in [5.74, 6) is 0.369. The number of aromatic nitrogens is 1. The molecule has 0 saturated carbocycles. The van der Waals surface area contributed by atoms with Crippen molar-refractivity contribution in [3.63, 3.8) is 0 Å². The predicted molar refractivity (Wildman–Crippen MR) is 101 cm³/mol. The molecule has 0 unspecified atom stereocenters. The fourth-order valence-corrected chi connectivity index (χ4v) is 3.82. The first-order valence-electron chi connectivity index (χ1n) is 8.74. The van der Waals surface area contributed by atoms with Crippen LogP contribution in [0.2, 0.25) is 0 Å². The summed E-state index contributed by atoms with van der Waals surface area (Å²) >= 11 is 5.99. The molecule has 2 N–H and O–H groups in total. The molecule has 0 spiro atoms. The van der Waals surface area contributed by atoms with Crippen LogP contribution in [0.4, 0.5) is 0 Å². The van der Waals surface area contributed by atoms with Crippen LogP contribution in [0, 0.1) is 0 Å². The Morgan fingerprint density at radius 1 is 1.04 bits per heavy atom. The second-order valence-corrected chi connectivity index (χ2v) is 6.73. The summed E-state index contributed by atoms with van der Waals surface area (Å²) in [6.07, 6.45) is 0.539. The molecule has 1 fully saturated rings. The van der Waals surface area contributed by atoms with Crippen molar-refractivity contribution in [1.82, 2.24) is 0 Å². The maximum absolute atomic E-state index is 10.00. The molecule has 2 aromatic carbocycles. The quantitative estimate of drug-likeness (QED) is 0.316. The summed E-state index contributed by atoms with van der Waals surface area (Å²) in [5.41, 5.74) is 2.30. The van der Waals surface area contributed by atoms with Crippen LogP contribution < -0.4 is 10.2 Å². The van der Waals surface area contributed by atoms with Crippen LogP contribution in [0.25, 0.3) is 21.7 Å². The molecule has 7 heteroatoms. The monoisotopic (exact) mass is 372 g/mol. The van der Waals surface area contributed by atoms with Crippen molar-refractivity contribution in [2.45, 2.75) is 19.3 Å². The first kappa shape index (κ1) is 17.7. The van der Waals surface area contributed by atoms with Gasteiger partial charge >= 0.3 is 7.12 Å². The number of ether oxygens (including phenoxy) is 2. The maximum Gasteiger partial charge on any atom is 0.561 e. The van der Waals surface area contributed by atoms with E-state index in [1.165, 1.54) is 0 Å². The zero-order chi connectivity index (χ0) is 18.1. The zero-order valence-corrected chi connectivity index (χ0v) is 15.0. The second-order valence-electron chi connectivity index (χ2n) is 6.35. The average Bonchev–Trinajstić information content (AvgIpc) is 2.68.